The molecule has 6 unspecified atom stereocenters. The molecule has 17 heteroatoms. The van der Waals surface area contributed by atoms with E-state index < -0.39 is 79.9 Å². The Morgan fingerprint density at radius 2 is 1.49 bits per heavy atom. The van der Waals surface area contributed by atoms with E-state index in [1.54, 1.807) is 54.6 Å². The third kappa shape index (κ3) is 5.64. The van der Waals surface area contributed by atoms with Gasteiger partial charge in [-0.3, -0.25) is 39.4 Å². The van der Waals surface area contributed by atoms with E-state index >= 15 is 9.59 Å². The van der Waals surface area contributed by atoms with Crippen LogP contribution in [0.5, 0.6) is 17.2 Å². The normalized spacial score (nSPS) is 24.6. The molecule has 2 aliphatic heterocycles. The van der Waals surface area contributed by atoms with Gasteiger partial charge < -0.3 is 19.5 Å². The third-order valence-corrected chi connectivity index (χ3v) is 12.4. The van der Waals surface area contributed by atoms with E-state index in [1.807, 2.05) is 0 Å². The highest BCUT2D eigenvalue weighted by atomic mass is 35.5. The predicted octanol–water partition coefficient (Wildman–Crippen LogP) is 6.31. The standard InChI is InChI=1S/C42H36ClN5O11/c1-44(2)37-30(47(54)55)16-24(17-31(37)48(56)57)45-38(50)27-14-13-26-28(34(27)40(45)52)20-29-39(51)46(23-12-8-11-22(43)15-23)41(53)42(29,21-9-6-5-7-10-21)36(26)35-32(49)18-25(58-3)19-33(35)59-4/h5-13,15-19,27-29,34,36,49H,14,20H2,1-4H3. The molecule has 0 spiro atoms. The summed E-state index contributed by atoms with van der Waals surface area (Å²) in [5.74, 6) is -8.14. The van der Waals surface area contributed by atoms with Crippen molar-refractivity contribution >= 4 is 63.7 Å². The Balaban J connectivity index is 1.36. The number of nitrogens with zero attached hydrogens (tertiary/aromatic N) is 5. The minimum absolute atomic E-state index is 0.0387. The number of phenolic OH excluding ortho intramolecular Hbond substituents is 1. The lowest BCUT2D eigenvalue weighted by molar-refractivity contribution is -0.392. The number of rotatable bonds is 9. The first-order chi connectivity index (χ1) is 28.2. The third-order valence-electron chi connectivity index (χ3n) is 12.2. The highest BCUT2D eigenvalue weighted by molar-refractivity contribution is 6.32. The van der Waals surface area contributed by atoms with Gasteiger partial charge in [0.15, 0.2) is 5.69 Å². The summed E-state index contributed by atoms with van der Waals surface area (Å²) in [6.45, 7) is 0. The molecule has 16 nitrogen and oxygen atoms in total. The number of allylic oxidation sites excluding steroid dienone is 2. The van der Waals surface area contributed by atoms with Crippen LogP contribution in [-0.2, 0) is 24.6 Å². The maximum absolute atomic E-state index is 15.6. The number of benzene rings is 4. The number of anilines is 3. The summed E-state index contributed by atoms with van der Waals surface area (Å²) in [7, 11) is 5.59. The molecule has 0 aromatic heterocycles. The van der Waals surface area contributed by atoms with Crippen LogP contribution in [0, 0.1) is 43.9 Å². The molecule has 3 fully saturated rings. The van der Waals surface area contributed by atoms with E-state index in [0.717, 1.165) is 21.9 Å². The molecule has 4 aromatic rings. The number of amides is 4. The molecule has 59 heavy (non-hydrogen) atoms. The van der Waals surface area contributed by atoms with Crippen LogP contribution in [0.25, 0.3) is 0 Å². The van der Waals surface area contributed by atoms with Crippen molar-refractivity contribution in [2.45, 2.75) is 24.2 Å². The number of nitro benzene ring substituents is 2. The van der Waals surface area contributed by atoms with E-state index in [2.05, 4.69) is 0 Å². The summed E-state index contributed by atoms with van der Waals surface area (Å²) < 4.78 is 11.3. The number of imide groups is 2. The number of methoxy groups -OCH3 is 2. The maximum Gasteiger partial charge on any atom is 0.301 e. The molecule has 2 aliphatic carbocycles. The van der Waals surface area contributed by atoms with Crippen molar-refractivity contribution in [3.63, 3.8) is 0 Å². The second-order valence-corrected chi connectivity index (χ2v) is 15.5. The Hall–Kier alpha value is -6.81. The van der Waals surface area contributed by atoms with E-state index in [9.17, 15) is 34.9 Å². The van der Waals surface area contributed by atoms with Crippen LogP contribution in [-0.4, -0.2) is 66.9 Å². The number of carbonyl (C=O) groups is 4. The molecule has 1 N–H and O–H groups in total. The summed E-state index contributed by atoms with van der Waals surface area (Å²) in [5.41, 5.74) is -2.49. The molecule has 8 rings (SSSR count). The number of halogens is 1. The van der Waals surface area contributed by atoms with Gasteiger partial charge in [-0.25, -0.2) is 9.80 Å². The van der Waals surface area contributed by atoms with E-state index in [0.29, 0.717) is 11.1 Å². The van der Waals surface area contributed by atoms with E-state index in [4.69, 9.17) is 21.1 Å². The van der Waals surface area contributed by atoms with Crippen LogP contribution in [0.1, 0.15) is 29.9 Å². The maximum atomic E-state index is 15.6. The molecular weight excluding hydrogens is 786 g/mol. The van der Waals surface area contributed by atoms with Crippen molar-refractivity contribution in [2.24, 2.45) is 23.7 Å². The molecule has 2 saturated heterocycles. The minimum atomic E-state index is -1.75. The Kier molecular flexibility index (Phi) is 9.42. The van der Waals surface area contributed by atoms with Gasteiger partial charge in [-0.1, -0.05) is 59.6 Å². The fraction of sp³-hybridized carbons (Fsp3) is 0.286. The van der Waals surface area contributed by atoms with Gasteiger partial charge in [-0.2, -0.15) is 0 Å². The molecular formula is C42H36ClN5O11. The second kappa shape index (κ2) is 14.2. The van der Waals surface area contributed by atoms with Crippen LogP contribution in [0.15, 0.2) is 90.5 Å². The predicted molar refractivity (Wildman–Crippen MR) is 214 cm³/mol. The number of carbonyl (C=O) groups excluding carboxylic acids is 4. The van der Waals surface area contributed by atoms with Gasteiger partial charge in [-0.05, 0) is 42.5 Å². The number of hydrogen-bond donors (Lipinski definition) is 1. The molecule has 4 amide bonds. The summed E-state index contributed by atoms with van der Waals surface area (Å²) in [4.78, 5) is 85.8. The SMILES string of the molecule is COc1cc(O)c(C2C3=CCC4C(=O)N(c5cc([N+](=O)[O-])c(N(C)C)c([N+](=O)[O-])c5)C(=O)C4C3CC3C(=O)N(c4cccc(Cl)c4)C(=O)C32c2ccccc2)c(OC)c1. The molecule has 0 bridgehead atoms. The van der Waals surface area contributed by atoms with Crippen molar-refractivity contribution < 1.29 is 43.6 Å². The Morgan fingerprint density at radius 1 is 0.814 bits per heavy atom. The number of aromatic hydroxyl groups is 1. The quantitative estimate of drug-likeness (QED) is 0.0854. The lowest BCUT2D eigenvalue weighted by atomic mass is 9.49. The van der Waals surface area contributed by atoms with Crippen LogP contribution in [0.2, 0.25) is 5.02 Å². The number of hydrogen-bond acceptors (Lipinski definition) is 12. The Morgan fingerprint density at radius 3 is 2.08 bits per heavy atom. The number of ether oxygens (including phenoxy) is 2. The summed E-state index contributed by atoms with van der Waals surface area (Å²) >= 11 is 6.40. The van der Waals surface area contributed by atoms with E-state index in [1.165, 1.54) is 51.4 Å². The average molecular weight is 822 g/mol. The zero-order valence-corrected chi connectivity index (χ0v) is 32.8. The number of nitro groups is 2. The zero-order valence-electron chi connectivity index (χ0n) is 32.0. The highest BCUT2D eigenvalue weighted by Gasteiger charge is 2.71. The van der Waals surface area contributed by atoms with Gasteiger partial charge in [0.25, 0.3) is 0 Å². The molecule has 302 valence electrons. The summed E-state index contributed by atoms with van der Waals surface area (Å²) in [5, 5.41) is 36.8. The topological polar surface area (TPSA) is 203 Å². The minimum Gasteiger partial charge on any atom is -0.507 e. The van der Waals surface area contributed by atoms with Crippen molar-refractivity contribution in [2.75, 3.05) is 43.0 Å². The zero-order chi connectivity index (χ0) is 42.2. The van der Waals surface area contributed by atoms with Crippen LogP contribution in [0.3, 0.4) is 0 Å². The first kappa shape index (κ1) is 39.0. The molecule has 1 saturated carbocycles. The van der Waals surface area contributed by atoms with E-state index in [-0.39, 0.29) is 57.7 Å². The van der Waals surface area contributed by atoms with Gasteiger partial charge >= 0.3 is 11.4 Å². The van der Waals surface area contributed by atoms with Crippen molar-refractivity contribution in [3.05, 3.63) is 127 Å². The largest absolute Gasteiger partial charge is 0.507 e. The van der Waals surface area contributed by atoms with Crippen molar-refractivity contribution in [3.8, 4) is 17.2 Å². The summed E-state index contributed by atoms with van der Waals surface area (Å²) in [6.07, 6.45) is 1.62. The fourth-order valence-corrected chi connectivity index (χ4v) is 10.1. The second-order valence-electron chi connectivity index (χ2n) is 15.1. The first-order valence-corrected chi connectivity index (χ1v) is 18.9. The van der Waals surface area contributed by atoms with Gasteiger partial charge in [0.05, 0.1) is 58.6 Å². The smallest absolute Gasteiger partial charge is 0.301 e. The fourth-order valence-electron chi connectivity index (χ4n) is 9.93. The van der Waals surface area contributed by atoms with Gasteiger partial charge in [0.2, 0.25) is 23.6 Å². The summed E-state index contributed by atoms with van der Waals surface area (Å²) in [6, 6.07) is 19.8. The average Bonchev–Trinajstić information content (AvgIpc) is 3.60. The van der Waals surface area contributed by atoms with Gasteiger partial charge in [0, 0.05) is 54.9 Å². The molecule has 4 aliphatic rings. The Bertz CT molecular complexity index is 2510. The van der Waals surface area contributed by atoms with Crippen LogP contribution < -0.4 is 24.2 Å². The molecule has 2 heterocycles. The van der Waals surface area contributed by atoms with Crippen molar-refractivity contribution in [1.29, 1.82) is 0 Å². The number of fused-ring (bicyclic) bond motifs is 4. The lowest BCUT2D eigenvalue weighted by Gasteiger charge is -2.51. The lowest BCUT2D eigenvalue weighted by Crippen LogP contribution is -2.53. The van der Waals surface area contributed by atoms with Gasteiger partial charge in [0.1, 0.15) is 17.2 Å². The van der Waals surface area contributed by atoms with Crippen LogP contribution in [0.4, 0.5) is 28.4 Å². The first-order valence-electron chi connectivity index (χ1n) is 18.5. The van der Waals surface area contributed by atoms with Crippen LogP contribution >= 0.6 is 11.6 Å². The monoisotopic (exact) mass is 821 g/mol. The molecule has 0 radical (unpaired) electrons. The Labute approximate surface area is 341 Å². The molecule has 4 aromatic carbocycles. The highest BCUT2D eigenvalue weighted by Crippen LogP contribution is 2.66. The van der Waals surface area contributed by atoms with Crippen molar-refractivity contribution in [1.82, 2.24) is 0 Å². The van der Waals surface area contributed by atoms with Gasteiger partial charge in [-0.15, -0.1) is 0 Å². The molecule has 6 atom stereocenters. The number of phenols is 1.